The molecule has 0 aromatic heterocycles. The minimum Gasteiger partial charge on any atom is -0.493 e. The van der Waals surface area contributed by atoms with Crippen LogP contribution in [0, 0.1) is 0 Å². The van der Waals surface area contributed by atoms with Crippen LogP contribution in [0.1, 0.15) is 0 Å². The number of carbonyl (C=O) groups excluding carboxylic acids is 2. The quantitative estimate of drug-likeness (QED) is 0.710. The van der Waals surface area contributed by atoms with Crippen molar-refractivity contribution >= 4 is 11.9 Å². The van der Waals surface area contributed by atoms with Crippen LogP contribution in [0.25, 0.3) is 0 Å². The van der Waals surface area contributed by atoms with Gasteiger partial charge in [-0.3, -0.25) is 9.59 Å². The molecular weight excluding hydrogens is 250 g/mol. The minimum absolute atomic E-state index is 0.107. The highest BCUT2D eigenvalue weighted by Crippen LogP contribution is 2.25. The number of para-hydroxylation sites is 2. The van der Waals surface area contributed by atoms with E-state index in [9.17, 15) is 9.59 Å². The molecule has 0 aliphatic rings. The monoisotopic (exact) mass is 267 g/mol. The average molecular weight is 267 g/mol. The van der Waals surface area contributed by atoms with Gasteiger partial charge in [0.1, 0.15) is 6.54 Å². The Morgan fingerprint density at radius 3 is 2.37 bits per heavy atom. The Bertz CT molecular complexity index is 446. The number of amides is 1. The van der Waals surface area contributed by atoms with E-state index in [4.69, 9.17) is 9.47 Å². The molecule has 0 N–H and O–H groups in total. The van der Waals surface area contributed by atoms with E-state index in [1.807, 2.05) is 0 Å². The van der Waals surface area contributed by atoms with Crippen LogP contribution < -0.4 is 9.47 Å². The summed E-state index contributed by atoms with van der Waals surface area (Å²) in [4.78, 5) is 24.0. The predicted octanol–water partition coefficient (Wildman–Crippen LogP) is 0.705. The second-order valence-corrected chi connectivity index (χ2v) is 3.77. The third kappa shape index (κ3) is 4.50. The van der Waals surface area contributed by atoms with E-state index in [0.717, 1.165) is 0 Å². The summed E-state index contributed by atoms with van der Waals surface area (Å²) in [5.74, 6) is 0.222. The van der Waals surface area contributed by atoms with Crippen molar-refractivity contribution in [1.82, 2.24) is 4.90 Å². The number of hydrogen-bond donors (Lipinski definition) is 0. The van der Waals surface area contributed by atoms with Crippen molar-refractivity contribution in [3.8, 4) is 11.5 Å². The van der Waals surface area contributed by atoms with Gasteiger partial charge in [0.15, 0.2) is 18.1 Å². The summed E-state index contributed by atoms with van der Waals surface area (Å²) in [6.45, 7) is -0.279. The Hall–Kier alpha value is -2.24. The van der Waals surface area contributed by atoms with Crippen molar-refractivity contribution < 1.29 is 23.8 Å². The van der Waals surface area contributed by atoms with Gasteiger partial charge in [-0.05, 0) is 12.1 Å². The van der Waals surface area contributed by atoms with Gasteiger partial charge in [0.05, 0.1) is 14.2 Å². The number of ether oxygens (including phenoxy) is 3. The number of benzene rings is 1. The minimum atomic E-state index is -0.479. The molecule has 19 heavy (non-hydrogen) atoms. The van der Waals surface area contributed by atoms with E-state index < -0.39 is 5.97 Å². The van der Waals surface area contributed by atoms with E-state index in [-0.39, 0.29) is 19.1 Å². The largest absolute Gasteiger partial charge is 0.493 e. The number of hydrogen-bond acceptors (Lipinski definition) is 5. The second-order valence-electron chi connectivity index (χ2n) is 3.77. The van der Waals surface area contributed by atoms with Gasteiger partial charge >= 0.3 is 5.97 Å². The number of esters is 1. The first kappa shape index (κ1) is 14.8. The summed E-state index contributed by atoms with van der Waals surface area (Å²) in [6.07, 6.45) is 0. The lowest BCUT2D eigenvalue weighted by Gasteiger charge is -2.16. The molecular formula is C13H17NO5. The Kier molecular flexibility index (Phi) is 5.66. The first-order chi connectivity index (χ1) is 9.08. The maximum absolute atomic E-state index is 11.7. The van der Waals surface area contributed by atoms with Crippen molar-refractivity contribution in [2.45, 2.75) is 0 Å². The van der Waals surface area contributed by atoms with Crippen molar-refractivity contribution in [2.75, 3.05) is 34.4 Å². The topological polar surface area (TPSA) is 65.1 Å². The number of carbonyl (C=O) groups is 2. The smallest absolute Gasteiger partial charge is 0.325 e. The van der Waals surface area contributed by atoms with E-state index in [1.165, 1.54) is 26.2 Å². The summed E-state index contributed by atoms with van der Waals surface area (Å²) in [7, 11) is 4.30. The molecule has 6 heteroatoms. The molecule has 1 amide bonds. The van der Waals surface area contributed by atoms with E-state index in [1.54, 1.807) is 24.3 Å². The SMILES string of the molecule is COC(=O)CN(C)C(=O)COc1ccccc1OC. The normalized spacial score (nSPS) is 9.63. The standard InChI is InChI=1S/C13H17NO5/c1-14(8-13(16)18-3)12(15)9-19-11-7-5-4-6-10(11)17-2/h4-7H,8-9H2,1-3H3. The molecule has 0 radical (unpaired) electrons. The zero-order valence-electron chi connectivity index (χ0n) is 11.2. The number of likely N-dealkylation sites (N-methyl/N-ethyl adjacent to an activating group) is 1. The molecule has 0 unspecified atom stereocenters. The van der Waals surface area contributed by atoms with Crippen LogP contribution >= 0.6 is 0 Å². The fourth-order valence-corrected chi connectivity index (χ4v) is 1.33. The van der Waals surface area contributed by atoms with Crippen LogP contribution in [0.2, 0.25) is 0 Å². The highest BCUT2D eigenvalue weighted by atomic mass is 16.5. The Morgan fingerprint density at radius 2 is 1.79 bits per heavy atom. The molecule has 0 spiro atoms. The lowest BCUT2D eigenvalue weighted by molar-refractivity contribution is -0.146. The molecule has 0 aliphatic heterocycles. The number of methoxy groups -OCH3 is 2. The number of rotatable bonds is 6. The van der Waals surface area contributed by atoms with Gasteiger partial charge in [0.2, 0.25) is 0 Å². The van der Waals surface area contributed by atoms with Crippen molar-refractivity contribution in [1.29, 1.82) is 0 Å². The van der Waals surface area contributed by atoms with Gasteiger partial charge < -0.3 is 19.1 Å². The van der Waals surface area contributed by atoms with Crippen LogP contribution in [0.4, 0.5) is 0 Å². The van der Waals surface area contributed by atoms with Crippen LogP contribution in [0.3, 0.4) is 0 Å². The molecule has 6 nitrogen and oxygen atoms in total. The highest BCUT2D eigenvalue weighted by Gasteiger charge is 2.14. The fourth-order valence-electron chi connectivity index (χ4n) is 1.33. The predicted molar refractivity (Wildman–Crippen MR) is 68.1 cm³/mol. The lowest BCUT2D eigenvalue weighted by Crippen LogP contribution is -2.35. The zero-order chi connectivity index (χ0) is 14.3. The summed E-state index contributed by atoms with van der Waals surface area (Å²) < 4.78 is 14.9. The molecule has 104 valence electrons. The van der Waals surface area contributed by atoms with Gasteiger partial charge in [0, 0.05) is 7.05 Å². The molecule has 0 heterocycles. The molecule has 0 bridgehead atoms. The molecule has 1 aromatic rings. The molecule has 0 atom stereocenters. The Morgan fingerprint density at radius 1 is 1.16 bits per heavy atom. The van der Waals surface area contributed by atoms with Gasteiger partial charge in [-0.1, -0.05) is 12.1 Å². The molecule has 1 rings (SSSR count). The average Bonchev–Trinajstić information content (AvgIpc) is 2.44. The van der Waals surface area contributed by atoms with E-state index in [0.29, 0.717) is 11.5 Å². The maximum atomic E-state index is 11.7. The molecule has 0 saturated heterocycles. The van der Waals surface area contributed by atoms with Gasteiger partial charge in [-0.25, -0.2) is 0 Å². The first-order valence-corrected chi connectivity index (χ1v) is 5.65. The van der Waals surface area contributed by atoms with Crippen molar-refractivity contribution in [2.24, 2.45) is 0 Å². The molecule has 0 aliphatic carbocycles. The Labute approximate surface area is 111 Å². The van der Waals surface area contributed by atoms with E-state index >= 15 is 0 Å². The maximum Gasteiger partial charge on any atom is 0.325 e. The third-order valence-corrected chi connectivity index (χ3v) is 2.44. The summed E-state index contributed by atoms with van der Waals surface area (Å²) in [5.41, 5.74) is 0. The number of nitrogens with zero attached hydrogens (tertiary/aromatic N) is 1. The van der Waals surface area contributed by atoms with E-state index in [2.05, 4.69) is 4.74 Å². The summed E-state index contributed by atoms with van der Waals surface area (Å²) >= 11 is 0. The fraction of sp³-hybridized carbons (Fsp3) is 0.385. The first-order valence-electron chi connectivity index (χ1n) is 5.65. The zero-order valence-corrected chi connectivity index (χ0v) is 11.2. The van der Waals surface area contributed by atoms with Gasteiger partial charge in [0.25, 0.3) is 5.91 Å². The van der Waals surface area contributed by atoms with Crippen LogP contribution in [-0.4, -0.2) is 51.2 Å². The lowest BCUT2D eigenvalue weighted by atomic mass is 10.3. The molecule has 0 fully saturated rings. The second kappa shape index (κ2) is 7.25. The Balaban J connectivity index is 2.52. The highest BCUT2D eigenvalue weighted by molar-refractivity contribution is 5.82. The van der Waals surface area contributed by atoms with Gasteiger partial charge in [-0.15, -0.1) is 0 Å². The van der Waals surface area contributed by atoms with Crippen LogP contribution in [-0.2, 0) is 14.3 Å². The van der Waals surface area contributed by atoms with Crippen molar-refractivity contribution in [3.05, 3.63) is 24.3 Å². The molecule has 1 aromatic carbocycles. The molecule has 0 saturated carbocycles. The van der Waals surface area contributed by atoms with Crippen LogP contribution in [0.15, 0.2) is 24.3 Å². The van der Waals surface area contributed by atoms with Crippen LogP contribution in [0.5, 0.6) is 11.5 Å². The summed E-state index contributed by atoms with van der Waals surface area (Å²) in [5, 5.41) is 0. The van der Waals surface area contributed by atoms with Crippen molar-refractivity contribution in [3.63, 3.8) is 0 Å². The summed E-state index contributed by atoms with van der Waals surface area (Å²) in [6, 6.07) is 7.02. The third-order valence-electron chi connectivity index (χ3n) is 2.44. The van der Waals surface area contributed by atoms with Gasteiger partial charge in [-0.2, -0.15) is 0 Å².